The molecule has 1 heterocycles. The van der Waals surface area contributed by atoms with Crippen LogP contribution in [0.5, 0.6) is 5.75 Å². The molecule has 0 amide bonds. The summed E-state index contributed by atoms with van der Waals surface area (Å²) in [6.45, 7) is 2.84. The van der Waals surface area contributed by atoms with Crippen molar-refractivity contribution in [2.75, 3.05) is 26.8 Å². The maximum Gasteiger partial charge on any atom is 0.338 e. The molecule has 1 aromatic carbocycles. The zero-order valence-corrected chi connectivity index (χ0v) is 15.0. The molecule has 1 aromatic rings. The molecule has 1 atom stereocenters. The van der Waals surface area contributed by atoms with Gasteiger partial charge >= 0.3 is 5.97 Å². The maximum atomic E-state index is 12.2. The highest BCUT2D eigenvalue weighted by Gasteiger charge is 2.31. The molecule has 0 N–H and O–H groups in total. The van der Waals surface area contributed by atoms with E-state index < -0.39 is 0 Å². The van der Waals surface area contributed by atoms with Crippen molar-refractivity contribution in [1.82, 2.24) is 4.90 Å². The first-order valence-electron chi connectivity index (χ1n) is 7.92. The maximum absolute atomic E-state index is 12.2. The van der Waals surface area contributed by atoms with E-state index in [2.05, 4.69) is 27.5 Å². The number of hydrogen-bond donors (Lipinski definition) is 0. The van der Waals surface area contributed by atoms with Crippen LogP contribution in [0.25, 0.3) is 0 Å². The van der Waals surface area contributed by atoms with Gasteiger partial charge < -0.3 is 9.47 Å². The van der Waals surface area contributed by atoms with Gasteiger partial charge in [-0.1, -0.05) is 0 Å². The van der Waals surface area contributed by atoms with Crippen molar-refractivity contribution in [3.8, 4) is 5.75 Å². The molecule has 4 nitrogen and oxygen atoms in total. The second-order valence-electron chi connectivity index (χ2n) is 6.18. The molecule has 2 fully saturated rings. The van der Waals surface area contributed by atoms with E-state index in [1.165, 1.54) is 25.8 Å². The number of esters is 1. The Balaban J connectivity index is 1.53. The first kappa shape index (κ1) is 16.1. The normalized spacial score (nSPS) is 21.8. The Morgan fingerprint density at radius 2 is 2.18 bits per heavy atom. The first-order chi connectivity index (χ1) is 10.7. The van der Waals surface area contributed by atoms with Crippen molar-refractivity contribution in [3.63, 3.8) is 0 Å². The standard InChI is InChI=1S/C17H22INO3/c1-21-16-7-6-13(9-15(16)18)17(20)22-11-14-3-2-8-19(14)10-12-4-5-12/h6-7,9,12,14H,2-5,8,10-11H2,1H3. The van der Waals surface area contributed by atoms with E-state index in [0.717, 1.165) is 28.2 Å². The predicted octanol–water partition coefficient (Wildman–Crippen LogP) is 3.33. The topological polar surface area (TPSA) is 38.8 Å². The lowest BCUT2D eigenvalue weighted by Gasteiger charge is -2.24. The molecule has 22 heavy (non-hydrogen) atoms. The second-order valence-corrected chi connectivity index (χ2v) is 7.34. The summed E-state index contributed by atoms with van der Waals surface area (Å²) in [5, 5.41) is 0. The molecular formula is C17H22INO3. The Morgan fingerprint density at radius 1 is 1.36 bits per heavy atom. The van der Waals surface area contributed by atoms with Gasteiger partial charge in [0.1, 0.15) is 12.4 Å². The number of hydrogen-bond acceptors (Lipinski definition) is 4. The fourth-order valence-electron chi connectivity index (χ4n) is 3.00. The Hall–Kier alpha value is -0.820. The highest BCUT2D eigenvalue weighted by atomic mass is 127. The lowest BCUT2D eigenvalue weighted by Crippen LogP contribution is -2.35. The van der Waals surface area contributed by atoms with E-state index in [1.54, 1.807) is 13.2 Å². The van der Waals surface area contributed by atoms with Crippen LogP contribution in [0.4, 0.5) is 0 Å². The smallest absolute Gasteiger partial charge is 0.338 e. The number of carbonyl (C=O) groups is 1. The van der Waals surface area contributed by atoms with Crippen molar-refractivity contribution < 1.29 is 14.3 Å². The molecule has 1 saturated carbocycles. The fourth-order valence-corrected chi connectivity index (χ4v) is 3.74. The Labute approximate surface area is 145 Å². The molecule has 0 aromatic heterocycles. The highest BCUT2D eigenvalue weighted by Crippen LogP contribution is 2.32. The van der Waals surface area contributed by atoms with E-state index in [9.17, 15) is 4.79 Å². The molecule has 0 radical (unpaired) electrons. The van der Waals surface area contributed by atoms with Crippen LogP contribution in [-0.4, -0.2) is 43.7 Å². The molecular weight excluding hydrogens is 393 g/mol. The number of ether oxygens (including phenoxy) is 2. The van der Waals surface area contributed by atoms with Crippen molar-refractivity contribution in [1.29, 1.82) is 0 Å². The van der Waals surface area contributed by atoms with Crippen LogP contribution in [0, 0.1) is 9.49 Å². The summed E-state index contributed by atoms with van der Waals surface area (Å²) in [5.41, 5.74) is 0.594. The number of methoxy groups -OCH3 is 1. The molecule has 120 valence electrons. The summed E-state index contributed by atoms with van der Waals surface area (Å²) < 4.78 is 11.7. The SMILES string of the molecule is COc1ccc(C(=O)OCC2CCCN2CC2CC2)cc1I. The van der Waals surface area contributed by atoms with Crippen molar-refractivity contribution in [2.45, 2.75) is 31.7 Å². The average Bonchev–Trinajstić information content (AvgIpc) is 3.22. The summed E-state index contributed by atoms with van der Waals surface area (Å²) >= 11 is 2.17. The van der Waals surface area contributed by atoms with Gasteiger partial charge in [0, 0.05) is 12.6 Å². The summed E-state index contributed by atoms with van der Waals surface area (Å²) in [7, 11) is 1.63. The summed E-state index contributed by atoms with van der Waals surface area (Å²) in [6.07, 6.45) is 5.09. The second kappa shape index (κ2) is 7.17. The van der Waals surface area contributed by atoms with Gasteiger partial charge in [-0.25, -0.2) is 4.79 Å². The van der Waals surface area contributed by atoms with E-state index in [-0.39, 0.29) is 5.97 Å². The molecule has 1 aliphatic carbocycles. The van der Waals surface area contributed by atoms with Crippen LogP contribution < -0.4 is 4.74 Å². The number of benzene rings is 1. The Kier molecular flexibility index (Phi) is 5.23. The van der Waals surface area contributed by atoms with Crippen molar-refractivity contribution >= 4 is 28.6 Å². The molecule has 3 rings (SSSR count). The minimum Gasteiger partial charge on any atom is -0.496 e. The van der Waals surface area contributed by atoms with Crippen LogP contribution in [0.1, 0.15) is 36.0 Å². The number of carbonyl (C=O) groups excluding carboxylic acids is 1. The zero-order valence-electron chi connectivity index (χ0n) is 12.9. The third kappa shape index (κ3) is 3.93. The van der Waals surface area contributed by atoms with Crippen LogP contribution in [0.15, 0.2) is 18.2 Å². The molecule has 0 spiro atoms. The summed E-state index contributed by atoms with van der Waals surface area (Å²) in [4.78, 5) is 14.7. The molecule has 1 unspecified atom stereocenters. The number of halogens is 1. The molecule has 2 aliphatic rings. The van der Waals surface area contributed by atoms with E-state index in [0.29, 0.717) is 18.2 Å². The van der Waals surface area contributed by atoms with Gasteiger partial charge in [-0.05, 0) is 78.9 Å². The number of likely N-dealkylation sites (tertiary alicyclic amines) is 1. The molecule has 1 saturated heterocycles. The molecule has 0 bridgehead atoms. The Morgan fingerprint density at radius 3 is 2.86 bits per heavy atom. The first-order valence-corrected chi connectivity index (χ1v) is 9.00. The largest absolute Gasteiger partial charge is 0.496 e. The van der Waals surface area contributed by atoms with Crippen LogP contribution in [0.2, 0.25) is 0 Å². The minimum absolute atomic E-state index is 0.237. The zero-order chi connectivity index (χ0) is 15.5. The van der Waals surface area contributed by atoms with Gasteiger partial charge in [0.25, 0.3) is 0 Å². The number of nitrogens with zero attached hydrogens (tertiary/aromatic N) is 1. The van der Waals surface area contributed by atoms with E-state index in [4.69, 9.17) is 9.47 Å². The van der Waals surface area contributed by atoms with Crippen molar-refractivity contribution in [3.05, 3.63) is 27.3 Å². The quantitative estimate of drug-likeness (QED) is 0.528. The third-order valence-corrected chi connectivity index (χ3v) is 5.33. The average molecular weight is 415 g/mol. The lowest BCUT2D eigenvalue weighted by molar-refractivity contribution is 0.0393. The monoisotopic (exact) mass is 415 g/mol. The van der Waals surface area contributed by atoms with Gasteiger partial charge in [-0.15, -0.1) is 0 Å². The fraction of sp³-hybridized carbons (Fsp3) is 0.588. The number of rotatable bonds is 6. The predicted molar refractivity (Wildman–Crippen MR) is 93.3 cm³/mol. The summed E-state index contributed by atoms with van der Waals surface area (Å²) in [5.74, 6) is 1.43. The summed E-state index contributed by atoms with van der Waals surface area (Å²) in [6, 6.07) is 5.80. The minimum atomic E-state index is -0.237. The van der Waals surface area contributed by atoms with Crippen LogP contribution >= 0.6 is 22.6 Å². The van der Waals surface area contributed by atoms with Gasteiger partial charge in [-0.2, -0.15) is 0 Å². The third-order valence-electron chi connectivity index (χ3n) is 4.48. The highest BCUT2D eigenvalue weighted by molar-refractivity contribution is 14.1. The molecule has 5 heteroatoms. The van der Waals surface area contributed by atoms with Gasteiger partial charge in [0.15, 0.2) is 0 Å². The van der Waals surface area contributed by atoms with E-state index in [1.807, 2.05) is 12.1 Å². The van der Waals surface area contributed by atoms with Gasteiger partial charge in [0.05, 0.1) is 16.2 Å². The van der Waals surface area contributed by atoms with Gasteiger partial charge in [-0.3, -0.25) is 4.90 Å². The van der Waals surface area contributed by atoms with Crippen LogP contribution in [-0.2, 0) is 4.74 Å². The lowest BCUT2D eigenvalue weighted by atomic mass is 10.2. The van der Waals surface area contributed by atoms with Crippen molar-refractivity contribution in [2.24, 2.45) is 5.92 Å². The van der Waals surface area contributed by atoms with Crippen LogP contribution in [0.3, 0.4) is 0 Å². The van der Waals surface area contributed by atoms with Gasteiger partial charge in [0.2, 0.25) is 0 Å². The Bertz CT molecular complexity index is 545. The van der Waals surface area contributed by atoms with E-state index >= 15 is 0 Å². The molecule has 1 aliphatic heterocycles.